The minimum absolute atomic E-state index is 0.0478. The zero-order chi connectivity index (χ0) is 20.4. The molecular weight excluding hydrogens is 383 g/mol. The Morgan fingerprint density at radius 2 is 1.69 bits per heavy atom. The number of carbonyl (C=O) groups is 1. The van der Waals surface area contributed by atoms with Crippen LogP contribution in [0.15, 0.2) is 67.1 Å². The van der Waals surface area contributed by atoms with Gasteiger partial charge in [-0.15, -0.1) is 0 Å². The van der Waals surface area contributed by atoms with E-state index < -0.39 is 17.8 Å². The number of aromatic amines is 1. The van der Waals surface area contributed by atoms with Gasteiger partial charge in [0.1, 0.15) is 0 Å². The molecule has 146 valence electrons. The molecule has 0 saturated heterocycles. The second kappa shape index (κ2) is 7.27. The van der Waals surface area contributed by atoms with Crippen molar-refractivity contribution in [1.29, 1.82) is 0 Å². The molecule has 9 heteroatoms. The molecule has 0 spiro atoms. The Morgan fingerprint density at radius 3 is 2.45 bits per heavy atom. The van der Waals surface area contributed by atoms with E-state index in [4.69, 9.17) is 0 Å². The average molecular weight is 397 g/mol. The number of hydrogen-bond acceptors (Lipinski definition) is 3. The predicted molar refractivity (Wildman–Crippen MR) is 103 cm³/mol. The average Bonchev–Trinajstić information content (AvgIpc) is 3.17. The molecule has 0 fully saturated rings. The standard InChI is InChI=1S/C20H14F3N5O/c21-20(22,23)13-2-1-3-15(8-13)27-19(29)26-14-6-4-12(5-7-14)16-9-24-11-18-17(16)10-25-28-18/h1-11H,(H,25,28)(H2,26,27,29). The number of urea groups is 1. The number of fused-ring (bicyclic) bond motifs is 1. The molecule has 2 aromatic heterocycles. The second-order valence-corrected chi connectivity index (χ2v) is 6.25. The minimum atomic E-state index is -4.48. The maximum absolute atomic E-state index is 12.8. The van der Waals surface area contributed by atoms with Crippen LogP contribution >= 0.6 is 0 Å². The summed E-state index contributed by atoms with van der Waals surface area (Å²) in [4.78, 5) is 16.3. The van der Waals surface area contributed by atoms with Crippen LogP contribution in [0, 0.1) is 0 Å². The van der Waals surface area contributed by atoms with Crippen LogP contribution in [-0.4, -0.2) is 21.2 Å². The van der Waals surface area contributed by atoms with Crippen molar-refractivity contribution in [2.75, 3.05) is 10.6 Å². The summed E-state index contributed by atoms with van der Waals surface area (Å²) in [5.74, 6) is 0. The Morgan fingerprint density at radius 1 is 0.931 bits per heavy atom. The minimum Gasteiger partial charge on any atom is -0.308 e. The van der Waals surface area contributed by atoms with E-state index in [-0.39, 0.29) is 5.69 Å². The topological polar surface area (TPSA) is 82.7 Å². The lowest BCUT2D eigenvalue weighted by atomic mass is 10.0. The summed E-state index contributed by atoms with van der Waals surface area (Å²) in [6, 6.07) is 10.8. The van der Waals surface area contributed by atoms with Crippen LogP contribution in [0.2, 0.25) is 0 Å². The molecule has 2 amide bonds. The van der Waals surface area contributed by atoms with E-state index in [1.807, 2.05) is 12.1 Å². The highest BCUT2D eigenvalue weighted by atomic mass is 19.4. The first-order valence-electron chi connectivity index (χ1n) is 8.53. The number of benzene rings is 2. The van der Waals surface area contributed by atoms with Gasteiger partial charge < -0.3 is 10.6 Å². The fourth-order valence-corrected chi connectivity index (χ4v) is 2.89. The molecule has 0 aliphatic carbocycles. The number of H-pyrrole nitrogens is 1. The number of halogens is 3. The molecule has 0 aliphatic heterocycles. The molecule has 0 radical (unpaired) electrons. The van der Waals surface area contributed by atoms with E-state index in [1.54, 1.807) is 30.7 Å². The molecule has 4 aromatic rings. The van der Waals surface area contributed by atoms with Crippen molar-refractivity contribution in [3.63, 3.8) is 0 Å². The van der Waals surface area contributed by atoms with Gasteiger partial charge in [0, 0.05) is 28.5 Å². The van der Waals surface area contributed by atoms with Crippen molar-refractivity contribution >= 4 is 28.3 Å². The van der Waals surface area contributed by atoms with Crippen molar-refractivity contribution in [1.82, 2.24) is 15.2 Å². The molecule has 0 unspecified atom stereocenters. The summed E-state index contributed by atoms with van der Waals surface area (Å²) < 4.78 is 38.3. The highest BCUT2D eigenvalue weighted by Crippen LogP contribution is 2.31. The Kier molecular flexibility index (Phi) is 4.63. The van der Waals surface area contributed by atoms with Gasteiger partial charge in [-0.2, -0.15) is 18.3 Å². The van der Waals surface area contributed by atoms with Crippen molar-refractivity contribution in [2.45, 2.75) is 6.18 Å². The third-order valence-corrected chi connectivity index (χ3v) is 4.27. The number of carbonyl (C=O) groups excluding carboxylic acids is 1. The van der Waals surface area contributed by atoms with Gasteiger partial charge in [-0.3, -0.25) is 10.1 Å². The number of nitrogens with zero attached hydrogens (tertiary/aromatic N) is 2. The van der Waals surface area contributed by atoms with Gasteiger partial charge in [0.25, 0.3) is 0 Å². The maximum atomic E-state index is 12.8. The monoisotopic (exact) mass is 397 g/mol. The van der Waals surface area contributed by atoms with Gasteiger partial charge in [-0.1, -0.05) is 18.2 Å². The molecule has 2 aromatic carbocycles. The number of aromatic nitrogens is 3. The van der Waals surface area contributed by atoms with Gasteiger partial charge >= 0.3 is 12.2 Å². The molecule has 0 atom stereocenters. The van der Waals surface area contributed by atoms with Crippen LogP contribution in [0.5, 0.6) is 0 Å². The molecule has 29 heavy (non-hydrogen) atoms. The maximum Gasteiger partial charge on any atom is 0.416 e. The molecular formula is C20H14F3N5O. The van der Waals surface area contributed by atoms with Crippen LogP contribution in [-0.2, 0) is 6.18 Å². The highest BCUT2D eigenvalue weighted by molar-refractivity contribution is 6.00. The molecule has 0 bridgehead atoms. The van der Waals surface area contributed by atoms with Crippen molar-refractivity contribution < 1.29 is 18.0 Å². The van der Waals surface area contributed by atoms with Crippen LogP contribution in [0.3, 0.4) is 0 Å². The molecule has 3 N–H and O–H groups in total. The Balaban J connectivity index is 1.47. The molecule has 4 rings (SSSR count). The van der Waals surface area contributed by atoms with E-state index in [9.17, 15) is 18.0 Å². The van der Waals surface area contributed by atoms with E-state index in [0.717, 1.165) is 34.2 Å². The van der Waals surface area contributed by atoms with Crippen molar-refractivity contribution in [2.24, 2.45) is 0 Å². The lowest BCUT2D eigenvalue weighted by molar-refractivity contribution is -0.137. The number of nitrogens with one attached hydrogen (secondary N) is 3. The van der Waals surface area contributed by atoms with E-state index >= 15 is 0 Å². The Hall–Kier alpha value is -3.88. The smallest absolute Gasteiger partial charge is 0.308 e. The lowest BCUT2D eigenvalue weighted by Crippen LogP contribution is -2.19. The van der Waals surface area contributed by atoms with E-state index in [1.165, 1.54) is 12.1 Å². The van der Waals surface area contributed by atoms with Gasteiger partial charge in [0.2, 0.25) is 0 Å². The summed E-state index contributed by atoms with van der Waals surface area (Å²) in [5, 5.41) is 12.8. The van der Waals surface area contributed by atoms with Crippen molar-refractivity contribution in [3.8, 4) is 11.1 Å². The number of hydrogen-bond donors (Lipinski definition) is 3. The lowest BCUT2D eigenvalue weighted by Gasteiger charge is -2.11. The molecule has 0 aliphatic rings. The third kappa shape index (κ3) is 4.03. The zero-order valence-corrected chi connectivity index (χ0v) is 14.8. The summed E-state index contributed by atoms with van der Waals surface area (Å²) in [5.41, 5.74) is 2.29. The van der Waals surface area contributed by atoms with Crippen LogP contribution in [0.1, 0.15) is 5.56 Å². The number of pyridine rings is 1. The number of alkyl halides is 3. The first-order chi connectivity index (χ1) is 13.9. The fraction of sp³-hybridized carbons (Fsp3) is 0.0500. The highest BCUT2D eigenvalue weighted by Gasteiger charge is 2.30. The largest absolute Gasteiger partial charge is 0.416 e. The summed E-state index contributed by atoms with van der Waals surface area (Å²) in [6.07, 6.45) is 0.637. The van der Waals surface area contributed by atoms with Crippen LogP contribution in [0.25, 0.3) is 22.0 Å². The zero-order valence-electron chi connectivity index (χ0n) is 14.8. The summed E-state index contributed by atoms with van der Waals surface area (Å²) in [7, 11) is 0. The first-order valence-corrected chi connectivity index (χ1v) is 8.53. The molecule has 0 saturated carbocycles. The number of rotatable bonds is 3. The Bertz CT molecular complexity index is 1170. The van der Waals surface area contributed by atoms with Crippen LogP contribution in [0.4, 0.5) is 29.3 Å². The summed E-state index contributed by atoms with van der Waals surface area (Å²) in [6.45, 7) is 0. The van der Waals surface area contributed by atoms with Crippen molar-refractivity contribution in [3.05, 3.63) is 72.7 Å². The SMILES string of the molecule is O=C(Nc1ccc(-c2cncc3[nH]ncc23)cc1)Nc1cccc(C(F)(F)F)c1. The van der Waals surface area contributed by atoms with E-state index in [0.29, 0.717) is 5.69 Å². The fourth-order valence-electron chi connectivity index (χ4n) is 2.89. The predicted octanol–water partition coefficient (Wildman–Crippen LogP) is 5.29. The summed E-state index contributed by atoms with van der Waals surface area (Å²) >= 11 is 0. The van der Waals surface area contributed by atoms with E-state index in [2.05, 4.69) is 25.8 Å². The van der Waals surface area contributed by atoms with Gasteiger partial charge in [-0.25, -0.2) is 4.79 Å². The normalized spacial score (nSPS) is 11.4. The van der Waals surface area contributed by atoms with Gasteiger partial charge in [-0.05, 0) is 35.9 Å². The third-order valence-electron chi connectivity index (χ3n) is 4.27. The Labute approximate surface area is 162 Å². The second-order valence-electron chi connectivity index (χ2n) is 6.25. The number of amides is 2. The van der Waals surface area contributed by atoms with Crippen LogP contribution < -0.4 is 10.6 Å². The number of anilines is 2. The quantitative estimate of drug-likeness (QED) is 0.439. The molecule has 2 heterocycles. The van der Waals surface area contributed by atoms with Gasteiger partial charge in [0.05, 0.1) is 23.5 Å². The van der Waals surface area contributed by atoms with Gasteiger partial charge in [0.15, 0.2) is 0 Å². The first kappa shape index (κ1) is 18.5. The molecule has 6 nitrogen and oxygen atoms in total.